The predicted octanol–water partition coefficient (Wildman–Crippen LogP) is -3.87. The average molecular weight is 790 g/mol. The molecule has 27 heteroatoms. The van der Waals surface area contributed by atoms with Gasteiger partial charge in [-0.1, -0.05) is 0 Å². The van der Waals surface area contributed by atoms with E-state index in [9.17, 15) is 56.0 Å². The molecule has 0 radical (unpaired) electrons. The first-order chi connectivity index (χ1) is 25.1. The van der Waals surface area contributed by atoms with Gasteiger partial charge >= 0.3 is 34.8 Å². The van der Waals surface area contributed by atoms with Crippen LogP contribution in [-0.4, -0.2) is 134 Å². The van der Waals surface area contributed by atoms with E-state index in [4.69, 9.17) is 46.7 Å². The second kappa shape index (κ2) is 15.9. The molecule has 0 spiro atoms. The van der Waals surface area contributed by atoms with Crippen LogP contribution in [0, 0.1) is 0 Å². The SMILES string of the molecule is Nc1ccn([C@@H]2O[C@H](CO)[C@@H](O)C2(F)F)c(=O)n1.Nc1ccn([C@@H]2O[C@H](CO)[C@@H](O)C2(F)F)c(=O)n1.Nc1ccn([C@@H]2O[C@H](CO)[C@@H](O)C2(F)F)c(=O)n1. The Hall–Kier alpha value is -4.74. The number of ether oxygens (including phenoxy) is 3. The summed E-state index contributed by atoms with van der Waals surface area (Å²) in [5.74, 6) is -11.5. The van der Waals surface area contributed by atoms with Crippen LogP contribution in [0.25, 0.3) is 0 Å². The normalized spacial score (nSPS) is 30.6. The average Bonchev–Trinajstić information content (AvgIpc) is 3.58. The van der Waals surface area contributed by atoms with Crippen molar-refractivity contribution < 1.29 is 71.2 Å². The van der Waals surface area contributed by atoms with Gasteiger partial charge in [0.2, 0.25) is 18.7 Å². The van der Waals surface area contributed by atoms with E-state index >= 15 is 0 Å². The third-order valence-corrected chi connectivity index (χ3v) is 7.99. The monoisotopic (exact) mass is 789 g/mol. The number of rotatable bonds is 6. The zero-order valence-electron chi connectivity index (χ0n) is 27.1. The van der Waals surface area contributed by atoms with Gasteiger partial charge in [-0.25, -0.2) is 14.4 Å². The lowest BCUT2D eigenvalue weighted by atomic mass is 10.1. The van der Waals surface area contributed by atoms with E-state index in [1.165, 1.54) is 0 Å². The van der Waals surface area contributed by atoms with Gasteiger partial charge in [-0.3, -0.25) is 13.7 Å². The maximum Gasteiger partial charge on any atom is 0.351 e. The van der Waals surface area contributed by atoms with Crippen LogP contribution in [0.15, 0.2) is 51.2 Å². The van der Waals surface area contributed by atoms with Crippen LogP contribution in [0.5, 0.6) is 0 Å². The van der Waals surface area contributed by atoms with Gasteiger partial charge in [-0.2, -0.15) is 41.3 Å². The molecule has 3 fully saturated rings. The number of anilines is 3. The Kier molecular flexibility index (Phi) is 12.4. The Morgan fingerprint density at radius 3 is 0.926 bits per heavy atom. The molecule has 0 aliphatic carbocycles. The zero-order valence-corrected chi connectivity index (χ0v) is 27.1. The molecule has 3 aliphatic heterocycles. The quantitative estimate of drug-likeness (QED) is 0.108. The number of alkyl halides is 6. The van der Waals surface area contributed by atoms with Gasteiger partial charge < -0.3 is 62.1 Å². The maximum atomic E-state index is 13.7. The lowest BCUT2D eigenvalue weighted by Gasteiger charge is -2.20. The van der Waals surface area contributed by atoms with E-state index in [1.807, 2.05) is 0 Å². The summed E-state index contributed by atoms with van der Waals surface area (Å²) in [6.07, 6.45) is -14.1. The van der Waals surface area contributed by atoms with Crippen molar-refractivity contribution in [1.29, 1.82) is 0 Å². The molecule has 3 aliphatic rings. The Morgan fingerprint density at radius 1 is 0.537 bits per heavy atom. The standard InChI is InChI=1S/3C9H11F2N3O4/c3*10-9(11)6(16)4(3-15)18-7(9)14-2-1-5(12)13-8(14)17/h3*1-2,4,6-7,15-16H,3H2,(H2,12,13,17)/t3*4-,6-,7-/m111/s1. The van der Waals surface area contributed by atoms with E-state index in [0.29, 0.717) is 13.7 Å². The first-order valence-corrected chi connectivity index (χ1v) is 15.1. The molecule has 0 unspecified atom stereocenters. The number of aliphatic hydroxyl groups excluding tert-OH is 6. The third kappa shape index (κ3) is 8.03. The van der Waals surface area contributed by atoms with Gasteiger partial charge in [0.05, 0.1) is 19.8 Å². The fraction of sp³-hybridized carbons (Fsp3) is 0.556. The van der Waals surface area contributed by atoms with Gasteiger partial charge in [0.25, 0.3) is 0 Å². The van der Waals surface area contributed by atoms with E-state index in [2.05, 4.69) is 15.0 Å². The van der Waals surface area contributed by atoms with Crippen molar-refractivity contribution in [3.63, 3.8) is 0 Å². The number of nitrogens with zero attached hydrogens (tertiary/aromatic N) is 6. The first-order valence-electron chi connectivity index (χ1n) is 15.1. The summed E-state index contributed by atoms with van der Waals surface area (Å²) in [6.45, 7) is -2.36. The molecule has 21 nitrogen and oxygen atoms in total. The number of halogens is 6. The lowest BCUT2D eigenvalue weighted by molar-refractivity contribution is -0.141. The molecular weight excluding hydrogens is 756 g/mol. The lowest BCUT2D eigenvalue weighted by Crippen LogP contribution is -2.41. The van der Waals surface area contributed by atoms with Crippen LogP contribution in [0.4, 0.5) is 43.8 Å². The molecule has 300 valence electrons. The van der Waals surface area contributed by atoms with Crippen molar-refractivity contribution in [2.24, 2.45) is 0 Å². The summed E-state index contributed by atoms with van der Waals surface area (Å²) < 4.78 is 98.1. The second-order valence-corrected chi connectivity index (χ2v) is 11.6. The van der Waals surface area contributed by atoms with Crippen LogP contribution in [0.2, 0.25) is 0 Å². The van der Waals surface area contributed by atoms with Gasteiger partial charge in [0.1, 0.15) is 35.8 Å². The van der Waals surface area contributed by atoms with Crippen LogP contribution < -0.4 is 34.3 Å². The molecule has 6 rings (SSSR count). The molecule has 12 N–H and O–H groups in total. The minimum atomic E-state index is -3.71. The number of hydrogen-bond donors (Lipinski definition) is 9. The van der Waals surface area contributed by atoms with Gasteiger partial charge in [-0.15, -0.1) is 0 Å². The Morgan fingerprint density at radius 2 is 0.759 bits per heavy atom. The number of nitrogens with two attached hydrogens (primary N) is 3. The summed E-state index contributed by atoms with van der Waals surface area (Å²) >= 11 is 0. The van der Waals surface area contributed by atoms with Gasteiger partial charge in [0, 0.05) is 18.6 Å². The molecule has 0 aromatic carbocycles. The largest absolute Gasteiger partial charge is 0.394 e. The molecule has 0 saturated carbocycles. The molecular formula is C27H33F6N9O12. The highest BCUT2D eigenvalue weighted by Gasteiger charge is 2.61. The van der Waals surface area contributed by atoms with Crippen molar-refractivity contribution in [2.45, 2.75) is 73.1 Å². The molecule has 54 heavy (non-hydrogen) atoms. The van der Waals surface area contributed by atoms with E-state index < -0.39 is 110 Å². The van der Waals surface area contributed by atoms with Gasteiger partial charge in [0.15, 0.2) is 18.3 Å². The molecule has 3 aromatic rings. The minimum absolute atomic E-state index is 0.114. The van der Waals surface area contributed by atoms with E-state index in [-0.39, 0.29) is 17.5 Å². The number of aliphatic hydroxyl groups is 6. The van der Waals surface area contributed by atoms with Crippen LogP contribution in [-0.2, 0) is 14.2 Å². The molecule has 0 bridgehead atoms. The fourth-order valence-electron chi connectivity index (χ4n) is 5.17. The summed E-state index contributed by atoms with van der Waals surface area (Å²) in [6, 6.07) is 3.46. The molecule has 3 aromatic heterocycles. The molecule has 9 atom stereocenters. The van der Waals surface area contributed by atoms with Crippen LogP contribution in [0.1, 0.15) is 18.7 Å². The number of nitrogen functional groups attached to an aromatic ring is 3. The van der Waals surface area contributed by atoms with Crippen molar-refractivity contribution in [2.75, 3.05) is 37.0 Å². The maximum absolute atomic E-state index is 13.7. The summed E-state index contributed by atoms with van der Waals surface area (Å²) in [7, 11) is 0. The van der Waals surface area contributed by atoms with Crippen molar-refractivity contribution >= 4 is 17.5 Å². The third-order valence-electron chi connectivity index (χ3n) is 7.99. The molecule has 3 saturated heterocycles. The van der Waals surface area contributed by atoms with Crippen LogP contribution in [0.3, 0.4) is 0 Å². The van der Waals surface area contributed by atoms with E-state index in [0.717, 1.165) is 36.8 Å². The smallest absolute Gasteiger partial charge is 0.351 e. The summed E-state index contributed by atoms with van der Waals surface area (Å²) in [5, 5.41) is 54.3. The van der Waals surface area contributed by atoms with Gasteiger partial charge in [-0.05, 0) is 18.2 Å². The van der Waals surface area contributed by atoms with E-state index in [1.54, 1.807) is 0 Å². The molecule has 6 heterocycles. The second-order valence-electron chi connectivity index (χ2n) is 11.6. The predicted molar refractivity (Wildman–Crippen MR) is 165 cm³/mol. The summed E-state index contributed by atoms with van der Waals surface area (Å²) in [4.78, 5) is 44.2. The Bertz CT molecular complexity index is 1740. The number of hydrogen-bond acceptors (Lipinski definition) is 18. The van der Waals surface area contributed by atoms with Crippen LogP contribution >= 0.6 is 0 Å². The van der Waals surface area contributed by atoms with Crippen molar-refractivity contribution in [3.8, 4) is 0 Å². The highest BCUT2D eigenvalue weighted by molar-refractivity contribution is 5.25. The van der Waals surface area contributed by atoms with Crippen molar-refractivity contribution in [1.82, 2.24) is 28.7 Å². The van der Waals surface area contributed by atoms with Crippen molar-refractivity contribution in [3.05, 3.63) is 68.2 Å². The minimum Gasteiger partial charge on any atom is -0.394 e. The first kappa shape index (κ1) is 42.0. The fourth-order valence-corrected chi connectivity index (χ4v) is 5.17. The number of aromatic nitrogens is 6. The highest BCUT2D eigenvalue weighted by Crippen LogP contribution is 2.44. The zero-order chi connectivity index (χ0) is 40.5. The highest BCUT2D eigenvalue weighted by atomic mass is 19.3. The Labute approximate surface area is 296 Å². The topological polar surface area (TPSA) is 332 Å². The summed E-state index contributed by atoms with van der Waals surface area (Å²) in [5.41, 5.74) is 12.6. The molecule has 0 amide bonds. The Balaban J connectivity index is 0.000000180.